The highest BCUT2D eigenvalue weighted by Crippen LogP contribution is 2.36. The Morgan fingerprint density at radius 3 is 2.35 bits per heavy atom. The Kier molecular flexibility index (Phi) is 6.66. The second-order valence-electron chi connectivity index (χ2n) is 6.13. The molecule has 0 saturated heterocycles. The first kappa shape index (κ1) is 15.6. The largest absolute Gasteiger partial charge is 0.0933 e. The number of hydrogen-bond donors (Lipinski definition) is 0. The number of rotatable bonds is 6. The van der Waals surface area contributed by atoms with Crippen LogP contribution < -0.4 is 0 Å². The predicted molar refractivity (Wildman–Crippen MR) is 89.4 cm³/mol. The van der Waals surface area contributed by atoms with Gasteiger partial charge in [0.25, 0.3) is 0 Å². The summed E-state index contributed by atoms with van der Waals surface area (Å²) in [4.78, 5) is 0. The predicted octanol–water partition coefficient (Wildman–Crippen LogP) is 6.45. The average Bonchev–Trinajstić information content (AvgIpc) is 2.49. The summed E-state index contributed by atoms with van der Waals surface area (Å²) < 4.78 is 0. The molecule has 0 aliphatic heterocycles. The Morgan fingerprint density at radius 2 is 1.75 bits per heavy atom. The van der Waals surface area contributed by atoms with Gasteiger partial charge in [0.1, 0.15) is 0 Å². The number of halogens is 1. The Bertz CT molecular complexity index is 396. The Morgan fingerprint density at radius 1 is 1.05 bits per heavy atom. The number of allylic oxidation sites excluding steroid dienone is 1. The van der Waals surface area contributed by atoms with Gasteiger partial charge in [0, 0.05) is 5.54 Å². The van der Waals surface area contributed by atoms with E-state index in [2.05, 4.69) is 37.3 Å². The van der Waals surface area contributed by atoms with Crippen molar-refractivity contribution in [2.45, 2.75) is 64.2 Å². The fourth-order valence-corrected chi connectivity index (χ4v) is 3.49. The van der Waals surface area contributed by atoms with E-state index in [-0.39, 0.29) is 0 Å². The van der Waals surface area contributed by atoms with E-state index < -0.39 is 0 Å². The van der Waals surface area contributed by atoms with E-state index in [0.29, 0.717) is 5.92 Å². The molecule has 1 aliphatic rings. The van der Waals surface area contributed by atoms with Crippen molar-refractivity contribution < 1.29 is 0 Å². The first-order valence-electron chi connectivity index (χ1n) is 8.19. The maximum Gasteiger partial charge on any atom is 0.000525 e. The van der Waals surface area contributed by atoms with Gasteiger partial charge in [-0.15, -0.1) is 0 Å². The lowest BCUT2D eigenvalue weighted by Crippen LogP contribution is -2.11. The molecule has 1 aromatic carbocycles. The third kappa shape index (κ3) is 4.66. The van der Waals surface area contributed by atoms with E-state index in [1.54, 1.807) is 5.54 Å². The van der Waals surface area contributed by atoms with Crippen LogP contribution in [-0.4, -0.2) is 0 Å². The molecular formula is C19H27Cl. The van der Waals surface area contributed by atoms with Gasteiger partial charge in [-0.3, -0.25) is 0 Å². The minimum atomic E-state index is 0.706. The molecule has 0 unspecified atom stereocenters. The van der Waals surface area contributed by atoms with Crippen LogP contribution in [0.3, 0.4) is 0 Å². The molecule has 0 spiro atoms. The van der Waals surface area contributed by atoms with E-state index >= 15 is 0 Å². The summed E-state index contributed by atoms with van der Waals surface area (Å²) in [5, 5.41) is 0. The molecule has 0 heterocycles. The molecule has 0 atom stereocenters. The van der Waals surface area contributed by atoms with Crippen molar-refractivity contribution >= 4 is 11.6 Å². The second kappa shape index (κ2) is 8.52. The highest BCUT2D eigenvalue weighted by molar-refractivity contribution is 6.25. The molecule has 1 aromatic rings. The van der Waals surface area contributed by atoms with Crippen LogP contribution in [-0.2, 0) is 6.42 Å². The fourth-order valence-electron chi connectivity index (χ4n) is 3.28. The average molecular weight is 291 g/mol. The van der Waals surface area contributed by atoms with Crippen LogP contribution in [0.2, 0.25) is 0 Å². The minimum absolute atomic E-state index is 0.706. The number of hydrogen-bond acceptors (Lipinski definition) is 0. The summed E-state index contributed by atoms with van der Waals surface area (Å²) >= 11 is 5.68. The maximum atomic E-state index is 5.68. The molecule has 1 aliphatic carbocycles. The van der Waals surface area contributed by atoms with Crippen molar-refractivity contribution in [2.75, 3.05) is 0 Å². The summed E-state index contributed by atoms with van der Waals surface area (Å²) in [6.45, 7) is 2.26. The highest BCUT2D eigenvalue weighted by Gasteiger charge is 2.20. The van der Waals surface area contributed by atoms with Crippen LogP contribution in [0.15, 0.2) is 35.9 Å². The highest BCUT2D eigenvalue weighted by atomic mass is 35.5. The Hall–Kier alpha value is -0.750. The van der Waals surface area contributed by atoms with Gasteiger partial charge in [0.05, 0.1) is 0 Å². The molecule has 1 heteroatoms. The van der Waals surface area contributed by atoms with Gasteiger partial charge in [-0.1, -0.05) is 61.7 Å². The maximum absolute atomic E-state index is 5.68. The SMILES string of the molecule is CCCCCc1ccc(C2CCC(/C=C/Cl)CC2)cc1. The molecule has 0 bridgehead atoms. The molecule has 1 fully saturated rings. The van der Waals surface area contributed by atoms with Gasteiger partial charge in [-0.25, -0.2) is 0 Å². The zero-order chi connectivity index (χ0) is 14.2. The number of unbranched alkanes of at least 4 members (excludes halogenated alkanes) is 2. The van der Waals surface area contributed by atoms with Crippen LogP contribution in [0.1, 0.15) is 68.9 Å². The molecule has 0 N–H and O–H groups in total. The number of aryl methyl sites for hydroxylation is 1. The van der Waals surface area contributed by atoms with Crippen LogP contribution in [0.4, 0.5) is 0 Å². The standard InChI is InChI=1S/C19H27Cl/c1-2-3-4-5-16-6-10-18(11-7-16)19-12-8-17(9-13-19)14-15-20/h6-7,10-11,14-15,17,19H,2-5,8-9,12-13H2,1H3/b15-14+. The molecule has 0 amide bonds. The van der Waals surface area contributed by atoms with E-state index in [0.717, 1.165) is 5.92 Å². The van der Waals surface area contributed by atoms with Crippen LogP contribution in [0, 0.1) is 5.92 Å². The molecule has 20 heavy (non-hydrogen) atoms. The fraction of sp³-hybridized carbons (Fsp3) is 0.579. The number of benzene rings is 1. The van der Waals surface area contributed by atoms with Gasteiger partial charge < -0.3 is 0 Å². The molecule has 1 saturated carbocycles. The van der Waals surface area contributed by atoms with Crippen LogP contribution in [0.25, 0.3) is 0 Å². The van der Waals surface area contributed by atoms with Gasteiger partial charge >= 0.3 is 0 Å². The first-order valence-corrected chi connectivity index (χ1v) is 8.63. The molecule has 2 rings (SSSR count). The lowest BCUT2D eigenvalue weighted by atomic mass is 9.78. The molecule has 110 valence electrons. The van der Waals surface area contributed by atoms with Gasteiger partial charge in [0.2, 0.25) is 0 Å². The summed E-state index contributed by atoms with van der Waals surface area (Å²) in [6, 6.07) is 9.42. The normalized spacial score (nSPS) is 23.3. The van der Waals surface area contributed by atoms with Crippen molar-refractivity contribution in [3.05, 3.63) is 47.0 Å². The van der Waals surface area contributed by atoms with E-state index in [1.165, 1.54) is 62.5 Å². The zero-order valence-corrected chi connectivity index (χ0v) is 13.4. The first-order chi connectivity index (χ1) is 9.83. The quantitative estimate of drug-likeness (QED) is 0.528. The second-order valence-corrected chi connectivity index (χ2v) is 6.38. The third-order valence-electron chi connectivity index (χ3n) is 4.64. The summed E-state index contributed by atoms with van der Waals surface area (Å²) in [7, 11) is 0. The smallest absolute Gasteiger partial charge is 0.000525 e. The van der Waals surface area contributed by atoms with Crippen LogP contribution >= 0.6 is 11.6 Å². The Balaban J connectivity index is 1.84. The zero-order valence-electron chi connectivity index (χ0n) is 12.7. The summed E-state index contributed by atoms with van der Waals surface area (Å²) in [5.41, 5.74) is 4.73. The van der Waals surface area contributed by atoms with Crippen molar-refractivity contribution in [2.24, 2.45) is 5.92 Å². The van der Waals surface area contributed by atoms with Gasteiger partial charge in [-0.2, -0.15) is 0 Å². The third-order valence-corrected chi connectivity index (χ3v) is 4.78. The molecule has 0 aromatic heterocycles. The molecule has 0 nitrogen and oxygen atoms in total. The lowest BCUT2D eigenvalue weighted by molar-refractivity contribution is 0.376. The van der Waals surface area contributed by atoms with Crippen molar-refractivity contribution in [1.29, 1.82) is 0 Å². The summed E-state index contributed by atoms with van der Waals surface area (Å²) in [5.74, 6) is 1.47. The monoisotopic (exact) mass is 290 g/mol. The lowest BCUT2D eigenvalue weighted by Gasteiger charge is -2.27. The molecular weight excluding hydrogens is 264 g/mol. The van der Waals surface area contributed by atoms with Crippen molar-refractivity contribution in [3.63, 3.8) is 0 Å². The Labute approximate surface area is 129 Å². The topological polar surface area (TPSA) is 0 Å². The van der Waals surface area contributed by atoms with E-state index in [1.807, 2.05) is 0 Å². The van der Waals surface area contributed by atoms with Crippen molar-refractivity contribution in [1.82, 2.24) is 0 Å². The van der Waals surface area contributed by atoms with Gasteiger partial charge in [0.15, 0.2) is 0 Å². The summed E-state index contributed by atoms with van der Waals surface area (Å²) in [6.07, 6.45) is 12.6. The minimum Gasteiger partial charge on any atom is -0.0933 e. The van der Waals surface area contributed by atoms with Crippen molar-refractivity contribution in [3.8, 4) is 0 Å². The van der Waals surface area contributed by atoms with Crippen LogP contribution in [0.5, 0.6) is 0 Å². The van der Waals surface area contributed by atoms with E-state index in [4.69, 9.17) is 11.6 Å². The van der Waals surface area contributed by atoms with E-state index in [9.17, 15) is 0 Å². The van der Waals surface area contributed by atoms with Gasteiger partial charge in [-0.05, 0) is 61.5 Å². The molecule has 0 radical (unpaired) electrons.